The molecule has 0 saturated carbocycles. The van der Waals surface area contributed by atoms with Gasteiger partial charge in [0, 0.05) is 38.7 Å². The molecule has 1 amide bonds. The summed E-state index contributed by atoms with van der Waals surface area (Å²) >= 11 is 0. The molecule has 1 aliphatic heterocycles. The van der Waals surface area contributed by atoms with Crippen molar-refractivity contribution in [2.75, 3.05) is 11.9 Å². The summed E-state index contributed by atoms with van der Waals surface area (Å²) in [5.74, 6) is -0.0261. The van der Waals surface area contributed by atoms with E-state index in [1.54, 1.807) is 24.1 Å². The van der Waals surface area contributed by atoms with Gasteiger partial charge in [0.25, 0.3) is 0 Å². The topological polar surface area (TPSA) is 71.4 Å². The zero-order valence-electron chi connectivity index (χ0n) is 12.4. The molecule has 3 rings (SSSR count). The number of rotatable bonds is 4. The molecule has 1 aromatic carbocycles. The van der Waals surface area contributed by atoms with Gasteiger partial charge in [-0.3, -0.25) is 4.79 Å². The van der Waals surface area contributed by atoms with Crippen LogP contribution in [0.2, 0.25) is 0 Å². The van der Waals surface area contributed by atoms with Crippen molar-refractivity contribution in [3.63, 3.8) is 0 Å². The lowest BCUT2D eigenvalue weighted by Gasteiger charge is -2.11. The Labute approximate surface area is 129 Å². The molecule has 0 radical (unpaired) electrons. The number of sulfonamides is 1. The fourth-order valence-corrected chi connectivity index (χ4v) is 3.61. The van der Waals surface area contributed by atoms with Crippen LogP contribution in [0.4, 0.5) is 5.69 Å². The first kappa shape index (κ1) is 14.8. The van der Waals surface area contributed by atoms with Gasteiger partial charge in [-0.1, -0.05) is 0 Å². The van der Waals surface area contributed by atoms with Crippen molar-refractivity contribution >= 4 is 21.6 Å². The zero-order valence-corrected chi connectivity index (χ0v) is 13.2. The number of benzene rings is 1. The quantitative estimate of drug-likeness (QED) is 0.915. The number of fused-ring (bicyclic) bond motifs is 1. The van der Waals surface area contributed by atoms with Crippen molar-refractivity contribution in [3.8, 4) is 0 Å². The molecule has 0 bridgehead atoms. The van der Waals surface area contributed by atoms with Gasteiger partial charge in [0.05, 0.1) is 11.3 Å². The molecule has 1 aromatic heterocycles. The molecule has 0 aliphatic carbocycles. The first-order valence-corrected chi connectivity index (χ1v) is 8.35. The van der Waals surface area contributed by atoms with Crippen LogP contribution in [0.5, 0.6) is 0 Å². The minimum atomic E-state index is -3.59. The van der Waals surface area contributed by atoms with E-state index in [4.69, 9.17) is 0 Å². The third-order valence-corrected chi connectivity index (χ3v) is 5.20. The molecule has 0 fully saturated rings. The van der Waals surface area contributed by atoms with Crippen LogP contribution >= 0.6 is 0 Å². The van der Waals surface area contributed by atoms with E-state index in [9.17, 15) is 13.2 Å². The van der Waals surface area contributed by atoms with E-state index in [-0.39, 0.29) is 23.8 Å². The van der Waals surface area contributed by atoms with E-state index in [1.165, 1.54) is 6.07 Å². The third kappa shape index (κ3) is 2.65. The summed E-state index contributed by atoms with van der Waals surface area (Å²) in [5, 5.41) is 0. The molecule has 2 heterocycles. The molecule has 22 heavy (non-hydrogen) atoms. The number of likely N-dealkylation sites (N-methyl/N-ethyl adjacent to an activating group) is 1. The molecular weight excluding hydrogens is 302 g/mol. The predicted octanol–water partition coefficient (Wildman–Crippen LogP) is 1.02. The lowest BCUT2D eigenvalue weighted by Crippen LogP contribution is -2.23. The molecule has 6 nitrogen and oxygen atoms in total. The summed E-state index contributed by atoms with van der Waals surface area (Å²) < 4.78 is 29.2. The van der Waals surface area contributed by atoms with Gasteiger partial charge in [0.2, 0.25) is 15.9 Å². The third-order valence-electron chi connectivity index (χ3n) is 3.80. The van der Waals surface area contributed by atoms with Crippen molar-refractivity contribution in [1.29, 1.82) is 0 Å². The van der Waals surface area contributed by atoms with E-state index >= 15 is 0 Å². The minimum Gasteiger partial charge on any atom is -0.357 e. The molecule has 1 N–H and O–H groups in total. The Balaban J connectivity index is 1.81. The van der Waals surface area contributed by atoms with Crippen molar-refractivity contribution in [2.45, 2.75) is 17.9 Å². The average Bonchev–Trinajstić information content (AvgIpc) is 3.01. The van der Waals surface area contributed by atoms with Crippen molar-refractivity contribution in [2.24, 2.45) is 7.05 Å². The number of hydrogen-bond donors (Lipinski definition) is 1. The number of nitrogens with zero attached hydrogens (tertiary/aromatic N) is 2. The van der Waals surface area contributed by atoms with Crippen LogP contribution in [-0.4, -0.2) is 25.9 Å². The maximum absolute atomic E-state index is 12.4. The van der Waals surface area contributed by atoms with E-state index < -0.39 is 10.0 Å². The van der Waals surface area contributed by atoms with Gasteiger partial charge in [-0.25, -0.2) is 13.1 Å². The second-order valence-electron chi connectivity index (χ2n) is 5.43. The van der Waals surface area contributed by atoms with Gasteiger partial charge in [-0.05, 0) is 35.4 Å². The van der Waals surface area contributed by atoms with Crippen LogP contribution in [0.1, 0.15) is 11.1 Å². The van der Waals surface area contributed by atoms with Crippen LogP contribution in [0, 0.1) is 0 Å². The predicted molar refractivity (Wildman–Crippen MR) is 83.0 cm³/mol. The Morgan fingerprint density at radius 2 is 2.00 bits per heavy atom. The summed E-state index contributed by atoms with van der Waals surface area (Å²) in [6.45, 7) is 0.235. The molecule has 2 aromatic rings. The molecule has 0 saturated heterocycles. The Kier molecular flexibility index (Phi) is 3.54. The number of carbonyl (C=O) groups excluding carboxylic acids is 1. The molecule has 0 atom stereocenters. The second-order valence-corrected chi connectivity index (χ2v) is 7.20. The Hall–Kier alpha value is -2.12. The first-order chi connectivity index (χ1) is 10.4. The summed E-state index contributed by atoms with van der Waals surface area (Å²) in [6, 6.07) is 6.64. The first-order valence-electron chi connectivity index (χ1n) is 6.87. The van der Waals surface area contributed by atoms with Gasteiger partial charge in [0.15, 0.2) is 0 Å². The summed E-state index contributed by atoms with van der Waals surface area (Å²) in [6.07, 6.45) is 3.97. The molecule has 7 heteroatoms. The zero-order chi connectivity index (χ0) is 15.9. The average molecular weight is 319 g/mol. The Morgan fingerprint density at radius 3 is 2.68 bits per heavy atom. The van der Waals surface area contributed by atoms with Crippen LogP contribution in [0.15, 0.2) is 41.6 Å². The normalized spacial score (nSPS) is 14.5. The summed E-state index contributed by atoms with van der Waals surface area (Å²) in [5.41, 5.74) is 2.41. The lowest BCUT2D eigenvalue weighted by molar-refractivity contribution is -0.117. The van der Waals surface area contributed by atoms with Crippen LogP contribution in [0.3, 0.4) is 0 Å². The summed E-state index contributed by atoms with van der Waals surface area (Å²) in [7, 11) is -0.0234. The van der Waals surface area contributed by atoms with Crippen molar-refractivity contribution in [3.05, 3.63) is 47.8 Å². The van der Waals surface area contributed by atoms with Crippen LogP contribution in [-0.2, 0) is 34.8 Å². The minimum absolute atomic E-state index is 0.0261. The SMILES string of the molecule is CN1C(=O)Cc2cc(S(=O)(=O)NCc3ccn(C)c3)ccc21. The van der Waals surface area contributed by atoms with Crippen molar-refractivity contribution in [1.82, 2.24) is 9.29 Å². The number of amides is 1. The smallest absolute Gasteiger partial charge is 0.240 e. The van der Waals surface area contributed by atoms with E-state index in [0.29, 0.717) is 0 Å². The number of carbonyl (C=O) groups is 1. The highest BCUT2D eigenvalue weighted by atomic mass is 32.2. The monoisotopic (exact) mass is 319 g/mol. The van der Waals surface area contributed by atoms with E-state index in [2.05, 4.69) is 4.72 Å². The Morgan fingerprint density at radius 1 is 1.23 bits per heavy atom. The van der Waals surface area contributed by atoms with Crippen LogP contribution < -0.4 is 9.62 Å². The van der Waals surface area contributed by atoms with Gasteiger partial charge in [-0.15, -0.1) is 0 Å². The van der Waals surface area contributed by atoms with Crippen molar-refractivity contribution < 1.29 is 13.2 Å². The number of hydrogen-bond acceptors (Lipinski definition) is 3. The van der Waals surface area contributed by atoms with E-state index in [1.807, 2.05) is 30.1 Å². The Bertz CT molecular complexity index is 839. The fraction of sp³-hybridized carbons (Fsp3) is 0.267. The second kappa shape index (κ2) is 5.26. The fourth-order valence-electron chi connectivity index (χ4n) is 2.54. The highest BCUT2D eigenvalue weighted by molar-refractivity contribution is 7.89. The standard InChI is InChI=1S/C15H17N3O3S/c1-17-6-5-11(10-17)9-16-22(20,21)13-3-4-14-12(7-13)8-15(19)18(14)2/h3-7,10,16H,8-9H2,1-2H3. The largest absolute Gasteiger partial charge is 0.357 e. The molecule has 0 unspecified atom stereocenters. The highest BCUT2D eigenvalue weighted by Gasteiger charge is 2.26. The molecule has 1 aliphatic rings. The van der Waals surface area contributed by atoms with Crippen LogP contribution in [0.25, 0.3) is 0 Å². The van der Waals surface area contributed by atoms with Gasteiger partial charge >= 0.3 is 0 Å². The number of aryl methyl sites for hydroxylation is 1. The van der Waals surface area contributed by atoms with E-state index in [0.717, 1.165) is 16.8 Å². The summed E-state index contributed by atoms with van der Waals surface area (Å²) in [4.78, 5) is 13.4. The molecular formula is C15H17N3O3S. The number of nitrogens with one attached hydrogen (secondary N) is 1. The van der Waals surface area contributed by atoms with Gasteiger partial charge in [-0.2, -0.15) is 0 Å². The van der Waals surface area contributed by atoms with Gasteiger partial charge < -0.3 is 9.47 Å². The number of anilines is 1. The molecule has 116 valence electrons. The van der Waals surface area contributed by atoms with Gasteiger partial charge in [0.1, 0.15) is 0 Å². The maximum Gasteiger partial charge on any atom is 0.240 e. The number of aromatic nitrogens is 1. The maximum atomic E-state index is 12.4. The molecule has 0 spiro atoms. The highest BCUT2D eigenvalue weighted by Crippen LogP contribution is 2.29. The lowest BCUT2D eigenvalue weighted by atomic mass is 10.2.